The molecule has 1 atom stereocenters. The summed E-state index contributed by atoms with van der Waals surface area (Å²) < 4.78 is 13.3. The third-order valence-corrected chi connectivity index (χ3v) is 4.20. The number of benzene rings is 1. The van der Waals surface area contributed by atoms with Gasteiger partial charge in [0.2, 0.25) is 5.91 Å². The quantitative estimate of drug-likeness (QED) is 0.909. The molecule has 1 aromatic heterocycles. The van der Waals surface area contributed by atoms with E-state index in [-0.39, 0.29) is 30.7 Å². The van der Waals surface area contributed by atoms with Crippen LogP contribution in [-0.4, -0.2) is 40.6 Å². The van der Waals surface area contributed by atoms with Gasteiger partial charge in [-0.15, -0.1) is 0 Å². The van der Waals surface area contributed by atoms with Gasteiger partial charge in [0.05, 0.1) is 6.42 Å². The van der Waals surface area contributed by atoms with Crippen LogP contribution >= 0.6 is 0 Å². The lowest BCUT2D eigenvalue weighted by molar-refractivity contribution is -0.132. The van der Waals surface area contributed by atoms with Crippen LogP contribution in [0.3, 0.4) is 0 Å². The van der Waals surface area contributed by atoms with Crippen molar-refractivity contribution in [2.45, 2.75) is 19.3 Å². The number of carbonyl (C=O) groups excluding carboxylic acids is 1. The molecule has 3 rings (SSSR count). The van der Waals surface area contributed by atoms with Crippen molar-refractivity contribution in [3.05, 3.63) is 35.8 Å². The normalized spacial score (nSPS) is 19.1. The smallest absolute Gasteiger partial charge is 0.227 e. The summed E-state index contributed by atoms with van der Waals surface area (Å²) in [6.07, 6.45) is 3.94. The maximum atomic E-state index is 13.3. The van der Waals surface area contributed by atoms with Gasteiger partial charge in [-0.1, -0.05) is 0 Å². The standard InChI is InChI=1S/C16H19FN2O2/c17-13-3-4-15-14(7-13)12(8-18-15)6-16(21)19-5-1-2-11(9-19)10-20/h3-4,7-8,11,18,20H,1-2,5-6,9-10H2. The molecule has 2 heterocycles. The largest absolute Gasteiger partial charge is 0.396 e. The minimum absolute atomic E-state index is 0.0401. The number of aromatic nitrogens is 1. The molecule has 5 heteroatoms. The number of fused-ring (bicyclic) bond motifs is 1. The van der Waals surface area contributed by atoms with Crippen LogP contribution in [0.15, 0.2) is 24.4 Å². The first-order chi connectivity index (χ1) is 10.2. The number of halogens is 1. The third-order valence-electron chi connectivity index (χ3n) is 4.20. The van der Waals surface area contributed by atoms with Crippen LogP contribution in [-0.2, 0) is 11.2 Å². The molecule has 0 spiro atoms. The van der Waals surface area contributed by atoms with Crippen LogP contribution in [0.1, 0.15) is 18.4 Å². The Morgan fingerprint density at radius 2 is 2.33 bits per heavy atom. The third kappa shape index (κ3) is 2.93. The van der Waals surface area contributed by atoms with Crippen molar-refractivity contribution >= 4 is 16.8 Å². The maximum Gasteiger partial charge on any atom is 0.227 e. The number of aromatic amines is 1. The number of carbonyl (C=O) groups is 1. The second-order valence-corrected chi connectivity index (χ2v) is 5.71. The van der Waals surface area contributed by atoms with E-state index in [9.17, 15) is 14.3 Å². The Labute approximate surface area is 122 Å². The van der Waals surface area contributed by atoms with Crippen molar-refractivity contribution in [3.8, 4) is 0 Å². The van der Waals surface area contributed by atoms with E-state index in [1.807, 2.05) is 4.90 Å². The summed E-state index contributed by atoms with van der Waals surface area (Å²) in [6.45, 7) is 1.49. The Bertz CT molecular complexity index is 653. The first kappa shape index (κ1) is 14.1. The summed E-state index contributed by atoms with van der Waals surface area (Å²) in [4.78, 5) is 17.3. The molecule has 0 bridgehead atoms. The zero-order valence-electron chi connectivity index (χ0n) is 11.8. The van der Waals surface area contributed by atoms with E-state index in [1.165, 1.54) is 12.1 Å². The molecule has 1 aliphatic heterocycles. The molecular formula is C16H19FN2O2. The van der Waals surface area contributed by atoms with Crippen molar-refractivity contribution in [1.82, 2.24) is 9.88 Å². The highest BCUT2D eigenvalue weighted by atomic mass is 19.1. The van der Waals surface area contributed by atoms with E-state index in [1.54, 1.807) is 12.3 Å². The number of aliphatic hydroxyl groups is 1. The Morgan fingerprint density at radius 1 is 1.48 bits per heavy atom. The second-order valence-electron chi connectivity index (χ2n) is 5.71. The number of rotatable bonds is 3. The highest BCUT2D eigenvalue weighted by Gasteiger charge is 2.23. The number of H-pyrrole nitrogens is 1. The van der Waals surface area contributed by atoms with E-state index in [4.69, 9.17) is 0 Å². The molecule has 1 amide bonds. The summed E-state index contributed by atoms with van der Waals surface area (Å²) >= 11 is 0. The van der Waals surface area contributed by atoms with E-state index in [2.05, 4.69) is 4.98 Å². The highest BCUT2D eigenvalue weighted by molar-refractivity contribution is 5.89. The van der Waals surface area contributed by atoms with Crippen LogP contribution in [0.25, 0.3) is 10.9 Å². The number of aliphatic hydroxyl groups excluding tert-OH is 1. The number of piperidine rings is 1. The number of nitrogens with zero attached hydrogens (tertiary/aromatic N) is 1. The molecule has 112 valence electrons. The minimum Gasteiger partial charge on any atom is -0.396 e. The van der Waals surface area contributed by atoms with Crippen LogP contribution in [0.5, 0.6) is 0 Å². The lowest BCUT2D eigenvalue weighted by Gasteiger charge is -2.31. The van der Waals surface area contributed by atoms with Crippen LogP contribution in [0.2, 0.25) is 0 Å². The molecule has 1 aliphatic rings. The van der Waals surface area contributed by atoms with Crippen molar-refractivity contribution in [2.75, 3.05) is 19.7 Å². The molecular weight excluding hydrogens is 271 g/mol. The van der Waals surface area contributed by atoms with Crippen molar-refractivity contribution in [2.24, 2.45) is 5.92 Å². The molecule has 2 N–H and O–H groups in total. The molecule has 4 nitrogen and oxygen atoms in total. The predicted molar refractivity (Wildman–Crippen MR) is 78.4 cm³/mol. The number of hydrogen-bond acceptors (Lipinski definition) is 2. The van der Waals surface area contributed by atoms with E-state index in [0.29, 0.717) is 6.54 Å². The molecule has 1 saturated heterocycles. The topological polar surface area (TPSA) is 56.3 Å². The summed E-state index contributed by atoms with van der Waals surface area (Å²) in [5, 5.41) is 10.00. The first-order valence-electron chi connectivity index (χ1n) is 7.31. The predicted octanol–water partition coefficient (Wildman–Crippen LogP) is 2.08. The molecule has 0 aliphatic carbocycles. The SMILES string of the molecule is O=C(Cc1c[nH]c2ccc(F)cc12)N1CCCC(CO)C1. The Morgan fingerprint density at radius 3 is 3.14 bits per heavy atom. The Hall–Kier alpha value is -1.88. The number of likely N-dealkylation sites (tertiary alicyclic amines) is 1. The maximum absolute atomic E-state index is 13.3. The van der Waals surface area contributed by atoms with Crippen molar-refractivity contribution in [3.63, 3.8) is 0 Å². The summed E-state index contributed by atoms with van der Waals surface area (Å²) in [5.74, 6) is -0.0736. The summed E-state index contributed by atoms with van der Waals surface area (Å²) in [6, 6.07) is 4.55. The molecule has 0 radical (unpaired) electrons. The van der Waals surface area contributed by atoms with Gasteiger partial charge in [-0.2, -0.15) is 0 Å². The highest BCUT2D eigenvalue weighted by Crippen LogP contribution is 2.22. The van der Waals surface area contributed by atoms with Gasteiger partial charge in [0.25, 0.3) is 0 Å². The second kappa shape index (κ2) is 5.85. The van der Waals surface area contributed by atoms with Crippen LogP contribution in [0.4, 0.5) is 4.39 Å². The fraction of sp³-hybridized carbons (Fsp3) is 0.438. The molecule has 0 saturated carbocycles. The van der Waals surface area contributed by atoms with Gasteiger partial charge < -0.3 is 15.0 Å². The fourth-order valence-corrected chi connectivity index (χ4v) is 3.01. The van der Waals surface area contributed by atoms with E-state index in [0.717, 1.165) is 35.9 Å². The first-order valence-corrected chi connectivity index (χ1v) is 7.31. The number of amides is 1. The molecule has 1 aromatic carbocycles. The zero-order chi connectivity index (χ0) is 14.8. The molecule has 2 aromatic rings. The Balaban J connectivity index is 1.75. The summed E-state index contributed by atoms with van der Waals surface area (Å²) in [5.41, 5.74) is 1.66. The lowest BCUT2D eigenvalue weighted by Crippen LogP contribution is -2.41. The summed E-state index contributed by atoms with van der Waals surface area (Å²) in [7, 11) is 0. The van der Waals surface area contributed by atoms with E-state index >= 15 is 0 Å². The van der Waals surface area contributed by atoms with E-state index < -0.39 is 0 Å². The molecule has 21 heavy (non-hydrogen) atoms. The van der Waals surface area contributed by atoms with Gasteiger partial charge in [-0.25, -0.2) is 4.39 Å². The minimum atomic E-state index is -0.297. The van der Waals surface area contributed by atoms with Gasteiger partial charge in [0, 0.05) is 36.8 Å². The molecule has 1 fully saturated rings. The monoisotopic (exact) mass is 290 g/mol. The van der Waals surface area contributed by atoms with Gasteiger partial charge in [0.15, 0.2) is 0 Å². The van der Waals surface area contributed by atoms with Crippen LogP contribution in [0, 0.1) is 11.7 Å². The zero-order valence-corrected chi connectivity index (χ0v) is 11.8. The van der Waals surface area contributed by atoms with Gasteiger partial charge in [-0.05, 0) is 42.5 Å². The van der Waals surface area contributed by atoms with Crippen molar-refractivity contribution in [1.29, 1.82) is 0 Å². The van der Waals surface area contributed by atoms with Gasteiger partial charge >= 0.3 is 0 Å². The average molecular weight is 290 g/mol. The van der Waals surface area contributed by atoms with Crippen LogP contribution < -0.4 is 0 Å². The number of hydrogen-bond donors (Lipinski definition) is 2. The molecule has 1 unspecified atom stereocenters. The van der Waals surface area contributed by atoms with Gasteiger partial charge in [0.1, 0.15) is 5.82 Å². The van der Waals surface area contributed by atoms with Gasteiger partial charge in [-0.3, -0.25) is 4.79 Å². The fourth-order valence-electron chi connectivity index (χ4n) is 3.01. The number of nitrogens with one attached hydrogen (secondary N) is 1. The lowest BCUT2D eigenvalue weighted by atomic mass is 9.98. The Kier molecular flexibility index (Phi) is 3.92. The van der Waals surface area contributed by atoms with Crippen molar-refractivity contribution < 1.29 is 14.3 Å². The average Bonchev–Trinajstić information content (AvgIpc) is 2.89.